The molecule has 2 N–H and O–H groups in total. The summed E-state index contributed by atoms with van der Waals surface area (Å²) in [5.41, 5.74) is 1.52. The zero-order chi connectivity index (χ0) is 13.1. The van der Waals surface area contributed by atoms with E-state index in [1.54, 1.807) is 11.3 Å². The van der Waals surface area contributed by atoms with Gasteiger partial charge in [-0.1, -0.05) is 0 Å². The third-order valence-electron chi connectivity index (χ3n) is 2.71. The fourth-order valence-electron chi connectivity index (χ4n) is 1.73. The standard InChI is InChI=1S/C13H15FN2OS/c1-8(12-5-10(14)3-4-13(12)17)15-6-11-7-18-9(2)16-11/h3-5,7-8,15,17H,6H2,1-2H3. The van der Waals surface area contributed by atoms with Crippen LogP contribution in [0.5, 0.6) is 5.75 Å². The molecule has 0 spiro atoms. The molecule has 0 fully saturated rings. The summed E-state index contributed by atoms with van der Waals surface area (Å²) in [6.45, 7) is 4.44. The Kier molecular flexibility index (Phi) is 3.93. The van der Waals surface area contributed by atoms with Gasteiger partial charge in [0.15, 0.2) is 0 Å². The zero-order valence-electron chi connectivity index (χ0n) is 10.3. The van der Waals surface area contributed by atoms with Crippen LogP contribution in [-0.2, 0) is 6.54 Å². The Morgan fingerprint density at radius 1 is 1.50 bits per heavy atom. The van der Waals surface area contributed by atoms with E-state index in [1.165, 1.54) is 18.2 Å². The molecule has 1 aromatic heterocycles. The molecule has 96 valence electrons. The second kappa shape index (κ2) is 5.46. The molecule has 3 nitrogen and oxygen atoms in total. The number of aromatic nitrogens is 1. The van der Waals surface area contributed by atoms with Crippen molar-refractivity contribution in [3.63, 3.8) is 0 Å². The van der Waals surface area contributed by atoms with E-state index in [4.69, 9.17) is 0 Å². The number of thiazole rings is 1. The van der Waals surface area contributed by atoms with E-state index >= 15 is 0 Å². The zero-order valence-corrected chi connectivity index (χ0v) is 11.1. The highest BCUT2D eigenvalue weighted by Crippen LogP contribution is 2.24. The van der Waals surface area contributed by atoms with Gasteiger partial charge in [0.25, 0.3) is 0 Å². The van der Waals surface area contributed by atoms with Crippen molar-refractivity contribution in [2.45, 2.75) is 26.4 Å². The molecule has 1 aromatic carbocycles. The molecule has 0 aliphatic heterocycles. The summed E-state index contributed by atoms with van der Waals surface area (Å²) in [7, 11) is 0. The third kappa shape index (κ3) is 3.05. The lowest BCUT2D eigenvalue weighted by atomic mass is 10.1. The van der Waals surface area contributed by atoms with Gasteiger partial charge in [0.2, 0.25) is 0 Å². The molecule has 0 aliphatic rings. The summed E-state index contributed by atoms with van der Waals surface area (Å²) in [6.07, 6.45) is 0. The van der Waals surface area contributed by atoms with Crippen LogP contribution in [0, 0.1) is 12.7 Å². The number of phenols is 1. The van der Waals surface area contributed by atoms with Gasteiger partial charge in [0, 0.05) is 23.5 Å². The van der Waals surface area contributed by atoms with Crippen LogP contribution >= 0.6 is 11.3 Å². The van der Waals surface area contributed by atoms with Crippen molar-refractivity contribution in [2.24, 2.45) is 0 Å². The average Bonchev–Trinajstić information content (AvgIpc) is 2.75. The van der Waals surface area contributed by atoms with E-state index in [0.717, 1.165) is 10.7 Å². The first-order chi connectivity index (χ1) is 8.56. The first kappa shape index (κ1) is 13.0. The van der Waals surface area contributed by atoms with Crippen molar-refractivity contribution in [3.8, 4) is 5.75 Å². The number of halogens is 1. The maximum absolute atomic E-state index is 13.1. The van der Waals surface area contributed by atoms with Gasteiger partial charge in [0.05, 0.1) is 10.7 Å². The maximum atomic E-state index is 13.1. The molecule has 0 bridgehead atoms. The van der Waals surface area contributed by atoms with E-state index in [1.807, 2.05) is 19.2 Å². The number of hydrogen-bond donors (Lipinski definition) is 2. The molecular weight excluding hydrogens is 251 g/mol. The predicted octanol–water partition coefficient (Wildman–Crippen LogP) is 3.15. The van der Waals surface area contributed by atoms with Crippen LogP contribution in [0.3, 0.4) is 0 Å². The molecule has 0 aliphatic carbocycles. The molecule has 5 heteroatoms. The second-order valence-electron chi connectivity index (χ2n) is 4.16. The largest absolute Gasteiger partial charge is 0.508 e. The minimum Gasteiger partial charge on any atom is -0.508 e. The Balaban J connectivity index is 2.03. The van der Waals surface area contributed by atoms with Crippen LogP contribution in [0.1, 0.15) is 29.2 Å². The Hall–Kier alpha value is -1.46. The number of nitrogens with one attached hydrogen (secondary N) is 1. The maximum Gasteiger partial charge on any atom is 0.123 e. The van der Waals surface area contributed by atoms with E-state index in [0.29, 0.717) is 12.1 Å². The van der Waals surface area contributed by atoms with Gasteiger partial charge in [-0.25, -0.2) is 9.37 Å². The normalized spacial score (nSPS) is 12.6. The number of hydrogen-bond acceptors (Lipinski definition) is 4. The summed E-state index contributed by atoms with van der Waals surface area (Å²) < 4.78 is 13.1. The molecule has 0 radical (unpaired) electrons. The number of rotatable bonds is 4. The quantitative estimate of drug-likeness (QED) is 0.893. The molecule has 18 heavy (non-hydrogen) atoms. The van der Waals surface area contributed by atoms with Gasteiger partial charge in [-0.05, 0) is 32.0 Å². The number of nitrogens with zero attached hydrogens (tertiary/aromatic N) is 1. The van der Waals surface area contributed by atoms with Gasteiger partial charge < -0.3 is 10.4 Å². The van der Waals surface area contributed by atoms with Crippen molar-refractivity contribution in [1.82, 2.24) is 10.3 Å². The third-order valence-corrected chi connectivity index (χ3v) is 3.53. The fraction of sp³-hybridized carbons (Fsp3) is 0.308. The van der Waals surface area contributed by atoms with Crippen molar-refractivity contribution < 1.29 is 9.50 Å². The van der Waals surface area contributed by atoms with Crippen LogP contribution < -0.4 is 5.32 Å². The van der Waals surface area contributed by atoms with Crippen molar-refractivity contribution in [1.29, 1.82) is 0 Å². The van der Waals surface area contributed by atoms with Gasteiger partial charge in [-0.3, -0.25) is 0 Å². The molecule has 0 amide bonds. The lowest BCUT2D eigenvalue weighted by Crippen LogP contribution is -2.18. The first-order valence-corrected chi connectivity index (χ1v) is 6.57. The van der Waals surface area contributed by atoms with Gasteiger partial charge >= 0.3 is 0 Å². The summed E-state index contributed by atoms with van der Waals surface area (Å²) in [6, 6.07) is 3.83. The van der Waals surface area contributed by atoms with Crippen LogP contribution in [0.15, 0.2) is 23.6 Å². The highest BCUT2D eigenvalue weighted by atomic mass is 32.1. The molecule has 2 rings (SSSR count). The molecular formula is C13H15FN2OS. The van der Waals surface area contributed by atoms with Crippen LogP contribution in [0.25, 0.3) is 0 Å². The summed E-state index contributed by atoms with van der Waals surface area (Å²) >= 11 is 1.60. The van der Waals surface area contributed by atoms with E-state index in [-0.39, 0.29) is 17.6 Å². The van der Waals surface area contributed by atoms with Gasteiger partial charge in [-0.15, -0.1) is 11.3 Å². The molecule has 0 saturated carbocycles. The van der Waals surface area contributed by atoms with E-state index in [9.17, 15) is 9.50 Å². The lowest BCUT2D eigenvalue weighted by Gasteiger charge is -2.14. The first-order valence-electron chi connectivity index (χ1n) is 5.69. The summed E-state index contributed by atoms with van der Waals surface area (Å²) in [4.78, 5) is 4.34. The van der Waals surface area contributed by atoms with Crippen LogP contribution in [0.2, 0.25) is 0 Å². The van der Waals surface area contributed by atoms with Crippen LogP contribution in [-0.4, -0.2) is 10.1 Å². The minimum absolute atomic E-state index is 0.103. The molecule has 2 aromatic rings. The molecule has 1 atom stereocenters. The summed E-state index contributed by atoms with van der Waals surface area (Å²) in [5.74, 6) is -0.244. The SMILES string of the molecule is Cc1nc(CNC(C)c2cc(F)ccc2O)cs1. The molecule has 0 saturated heterocycles. The monoisotopic (exact) mass is 266 g/mol. The Labute approximate surface area is 109 Å². The van der Waals surface area contributed by atoms with Crippen molar-refractivity contribution in [2.75, 3.05) is 0 Å². The number of aryl methyl sites for hydroxylation is 1. The van der Waals surface area contributed by atoms with Gasteiger partial charge in [0.1, 0.15) is 11.6 Å². The lowest BCUT2D eigenvalue weighted by molar-refractivity contribution is 0.448. The highest BCUT2D eigenvalue weighted by molar-refractivity contribution is 7.09. The van der Waals surface area contributed by atoms with Gasteiger partial charge in [-0.2, -0.15) is 0 Å². The topological polar surface area (TPSA) is 45.2 Å². The van der Waals surface area contributed by atoms with Crippen molar-refractivity contribution >= 4 is 11.3 Å². The summed E-state index contributed by atoms with van der Waals surface area (Å²) in [5, 5.41) is 15.9. The van der Waals surface area contributed by atoms with E-state index in [2.05, 4.69) is 10.3 Å². The van der Waals surface area contributed by atoms with Crippen LogP contribution in [0.4, 0.5) is 4.39 Å². The Morgan fingerprint density at radius 2 is 2.28 bits per heavy atom. The molecule has 1 unspecified atom stereocenters. The smallest absolute Gasteiger partial charge is 0.123 e. The number of aromatic hydroxyl groups is 1. The Bertz CT molecular complexity index is 542. The van der Waals surface area contributed by atoms with Crippen molar-refractivity contribution in [3.05, 3.63) is 45.7 Å². The van der Waals surface area contributed by atoms with E-state index < -0.39 is 0 Å². The predicted molar refractivity (Wildman–Crippen MR) is 70.2 cm³/mol. The second-order valence-corrected chi connectivity index (χ2v) is 5.23. The Morgan fingerprint density at radius 3 is 2.94 bits per heavy atom. The molecule has 1 heterocycles. The number of benzene rings is 1. The number of phenolic OH excluding ortho intramolecular Hbond substituents is 1. The highest BCUT2D eigenvalue weighted by Gasteiger charge is 2.11. The fourth-order valence-corrected chi connectivity index (χ4v) is 2.34. The minimum atomic E-state index is -0.346. The average molecular weight is 266 g/mol.